The van der Waals surface area contributed by atoms with Gasteiger partial charge in [0.05, 0.1) is 18.8 Å². The van der Waals surface area contributed by atoms with Crippen LogP contribution in [0.5, 0.6) is 11.5 Å². The Labute approximate surface area is 146 Å². The molecule has 0 aromatic heterocycles. The maximum atomic E-state index is 12.5. The Bertz CT molecular complexity index is 757. The summed E-state index contributed by atoms with van der Waals surface area (Å²) in [5.41, 5.74) is 0.759. The predicted molar refractivity (Wildman–Crippen MR) is 94.2 cm³/mol. The average molecular weight is 343 g/mol. The van der Waals surface area contributed by atoms with Crippen LogP contribution < -0.4 is 10.1 Å². The first-order valence-corrected chi connectivity index (χ1v) is 8.10. The highest BCUT2D eigenvalue weighted by atomic mass is 16.5. The molecule has 0 radical (unpaired) electrons. The summed E-state index contributed by atoms with van der Waals surface area (Å²) in [6.07, 6.45) is 0.678. The molecule has 6 nitrogen and oxygen atoms in total. The third kappa shape index (κ3) is 4.73. The minimum atomic E-state index is -0.634. The molecule has 0 aliphatic carbocycles. The number of phenolic OH excluding ortho intramolecular Hbond substituents is 1. The number of aromatic hydroxyl groups is 1. The van der Waals surface area contributed by atoms with Crippen LogP contribution in [0, 0.1) is 0 Å². The van der Waals surface area contributed by atoms with E-state index in [4.69, 9.17) is 9.47 Å². The Balaban J connectivity index is 2.20. The summed E-state index contributed by atoms with van der Waals surface area (Å²) < 4.78 is 10.5. The summed E-state index contributed by atoms with van der Waals surface area (Å²) in [7, 11) is 0. The van der Waals surface area contributed by atoms with Crippen molar-refractivity contribution >= 4 is 17.6 Å². The lowest BCUT2D eigenvalue weighted by atomic mass is 10.1. The normalized spacial score (nSPS) is 10.2. The van der Waals surface area contributed by atoms with Crippen molar-refractivity contribution in [2.45, 2.75) is 20.3 Å². The molecule has 0 unspecified atom stereocenters. The molecule has 132 valence electrons. The van der Waals surface area contributed by atoms with Crippen LogP contribution in [0.2, 0.25) is 0 Å². The minimum Gasteiger partial charge on any atom is -0.507 e. The number of hydrogen-bond donors (Lipinski definition) is 2. The summed E-state index contributed by atoms with van der Waals surface area (Å²) in [6.45, 7) is 4.41. The highest BCUT2D eigenvalue weighted by Gasteiger charge is 2.16. The number of benzene rings is 2. The van der Waals surface area contributed by atoms with E-state index in [2.05, 4.69) is 5.32 Å². The van der Waals surface area contributed by atoms with E-state index in [-0.39, 0.29) is 23.8 Å². The zero-order valence-corrected chi connectivity index (χ0v) is 14.2. The minimum absolute atomic E-state index is 0.00402. The van der Waals surface area contributed by atoms with E-state index in [0.717, 1.165) is 0 Å². The highest BCUT2D eigenvalue weighted by molar-refractivity contribution is 6.06. The van der Waals surface area contributed by atoms with Crippen LogP contribution in [0.25, 0.3) is 0 Å². The van der Waals surface area contributed by atoms with Gasteiger partial charge in [0.25, 0.3) is 5.91 Å². The number of carbonyl (C=O) groups is 2. The maximum absolute atomic E-state index is 12.5. The third-order valence-corrected chi connectivity index (χ3v) is 3.34. The van der Waals surface area contributed by atoms with Gasteiger partial charge in [-0.2, -0.15) is 0 Å². The lowest BCUT2D eigenvalue weighted by Gasteiger charge is -2.12. The van der Waals surface area contributed by atoms with Crippen molar-refractivity contribution in [3.63, 3.8) is 0 Å². The van der Waals surface area contributed by atoms with E-state index in [0.29, 0.717) is 30.0 Å². The molecule has 0 aliphatic heterocycles. The van der Waals surface area contributed by atoms with E-state index in [1.807, 2.05) is 13.8 Å². The fourth-order valence-corrected chi connectivity index (χ4v) is 2.18. The van der Waals surface area contributed by atoms with Crippen LogP contribution in [0.15, 0.2) is 42.5 Å². The van der Waals surface area contributed by atoms with Gasteiger partial charge in [0, 0.05) is 5.69 Å². The van der Waals surface area contributed by atoms with Gasteiger partial charge in [0.2, 0.25) is 0 Å². The molecule has 1 amide bonds. The lowest BCUT2D eigenvalue weighted by Crippen LogP contribution is -2.14. The number of rotatable bonds is 7. The van der Waals surface area contributed by atoms with E-state index in [1.54, 1.807) is 24.3 Å². The van der Waals surface area contributed by atoms with Crippen LogP contribution in [-0.2, 0) is 4.74 Å². The number of hydrogen-bond acceptors (Lipinski definition) is 5. The van der Waals surface area contributed by atoms with Gasteiger partial charge in [-0.3, -0.25) is 4.79 Å². The summed E-state index contributed by atoms with van der Waals surface area (Å²) in [4.78, 5) is 24.4. The molecule has 0 heterocycles. The largest absolute Gasteiger partial charge is 0.507 e. The van der Waals surface area contributed by atoms with E-state index in [9.17, 15) is 14.7 Å². The van der Waals surface area contributed by atoms with Crippen LogP contribution in [0.3, 0.4) is 0 Å². The quantitative estimate of drug-likeness (QED) is 0.592. The molecule has 0 saturated carbocycles. The number of amides is 1. The maximum Gasteiger partial charge on any atom is 0.341 e. The van der Waals surface area contributed by atoms with Crippen molar-refractivity contribution in [3.8, 4) is 11.5 Å². The molecule has 25 heavy (non-hydrogen) atoms. The van der Waals surface area contributed by atoms with E-state index in [1.165, 1.54) is 18.2 Å². The molecule has 2 rings (SSSR count). The second-order valence-corrected chi connectivity index (χ2v) is 5.25. The number of ether oxygens (including phenoxy) is 2. The molecule has 2 aromatic rings. The standard InChI is InChI=1S/C19H21NO5/c1-3-11-25-19(23)15-12-13(9-10-16(15)21)20-18(22)14-7-5-6-8-17(14)24-4-2/h5-10,12,21H,3-4,11H2,1-2H3,(H,20,22). The summed E-state index contributed by atoms with van der Waals surface area (Å²) in [5, 5.41) is 12.5. The molecule has 0 atom stereocenters. The lowest BCUT2D eigenvalue weighted by molar-refractivity contribution is 0.0501. The van der Waals surface area contributed by atoms with Crippen molar-refractivity contribution < 1.29 is 24.2 Å². The van der Waals surface area contributed by atoms with E-state index >= 15 is 0 Å². The topological polar surface area (TPSA) is 84.9 Å². The van der Waals surface area contributed by atoms with Gasteiger partial charge in [-0.1, -0.05) is 19.1 Å². The van der Waals surface area contributed by atoms with Gasteiger partial charge in [-0.05, 0) is 43.7 Å². The number of phenols is 1. The Morgan fingerprint density at radius 1 is 1.08 bits per heavy atom. The van der Waals surface area contributed by atoms with Crippen LogP contribution in [0.4, 0.5) is 5.69 Å². The summed E-state index contributed by atoms with van der Waals surface area (Å²) in [6, 6.07) is 11.1. The SMILES string of the molecule is CCCOC(=O)c1cc(NC(=O)c2ccccc2OCC)ccc1O. The zero-order valence-electron chi connectivity index (χ0n) is 14.2. The van der Waals surface area contributed by atoms with Gasteiger partial charge < -0.3 is 19.9 Å². The number of anilines is 1. The smallest absolute Gasteiger partial charge is 0.341 e. The second-order valence-electron chi connectivity index (χ2n) is 5.25. The Morgan fingerprint density at radius 3 is 2.56 bits per heavy atom. The molecule has 0 aliphatic rings. The van der Waals surface area contributed by atoms with Crippen molar-refractivity contribution in [2.24, 2.45) is 0 Å². The van der Waals surface area contributed by atoms with Crippen molar-refractivity contribution in [2.75, 3.05) is 18.5 Å². The van der Waals surface area contributed by atoms with Gasteiger partial charge in [-0.15, -0.1) is 0 Å². The molecule has 2 aromatic carbocycles. The van der Waals surface area contributed by atoms with Crippen molar-refractivity contribution in [3.05, 3.63) is 53.6 Å². The Morgan fingerprint density at radius 2 is 1.84 bits per heavy atom. The Hall–Kier alpha value is -3.02. The molecule has 0 spiro atoms. The monoisotopic (exact) mass is 343 g/mol. The molecular weight excluding hydrogens is 322 g/mol. The molecule has 0 fully saturated rings. The van der Waals surface area contributed by atoms with Crippen LogP contribution in [-0.4, -0.2) is 30.2 Å². The van der Waals surface area contributed by atoms with Gasteiger partial charge in [-0.25, -0.2) is 4.79 Å². The number of nitrogens with one attached hydrogen (secondary N) is 1. The van der Waals surface area contributed by atoms with Crippen molar-refractivity contribution in [1.29, 1.82) is 0 Å². The molecule has 0 bridgehead atoms. The van der Waals surface area contributed by atoms with Crippen LogP contribution >= 0.6 is 0 Å². The zero-order chi connectivity index (χ0) is 18.2. The Kier molecular flexibility index (Phi) is 6.39. The van der Waals surface area contributed by atoms with Gasteiger partial charge in [0.15, 0.2) is 0 Å². The van der Waals surface area contributed by atoms with Crippen LogP contribution in [0.1, 0.15) is 41.0 Å². The third-order valence-electron chi connectivity index (χ3n) is 3.34. The molecule has 2 N–H and O–H groups in total. The number of para-hydroxylation sites is 1. The van der Waals surface area contributed by atoms with Crippen molar-refractivity contribution in [1.82, 2.24) is 0 Å². The first kappa shape index (κ1) is 18.3. The fraction of sp³-hybridized carbons (Fsp3) is 0.263. The van der Waals surface area contributed by atoms with Gasteiger partial charge in [0.1, 0.15) is 17.1 Å². The first-order chi connectivity index (χ1) is 12.1. The predicted octanol–water partition coefficient (Wildman–Crippen LogP) is 3.61. The van der Waals surface area contributed by atoms with Gasteiger partial charge >= 0.3 is 5.97 Å². The first-order valence-electron chi connectivity index (χ1n) is 8.10. The number of carbonyl (C=O) groups excluding carboxylic acids is 2. The number of esters is 1. The highest BCUT2D eigenvalue weighted by Crippen LogP contribution is 2.24. The average Bonchev–Trinajstić information content (AvgIpc) is 2.62. The second kappa shape index (κ2) is 8.73. The fourth-order valence-electron chi connectivity index (χ4n) is 2.18. The summed E-state index contributed by atoms with van der Waals surface area (Å²) in [5.74, 6) is -0.731. The van der Waals surface area contributed by atoms with E-state index < -0.39 is 5.97 Å². The summed E-state index contributed by atoms with van der Waals surface area (Å²) >= 11 is 0. The molecular formula is C19H21NO5. The molecule has 0 saturated heterocycles. The molecule has 6 heteroatoms.